The molecule has 15 heteroatoms. The zero-order valence-electron chi connectivity index (χ0n) is 35.8. The molecule has 56 heavy (non-hydrogen) atoms. The van der Waals surface area contributed by atoms with Gasteiger partial charge in [-0.25, -0.2) is 13.2 Å². The van der Waals surface area contributed by atoms with Gasteiger partial charge in [-0.2, -0.15) is 0 Å². The summed E-state index contributed by atoms with van der Waals surface area (Å²) in [5.41, 5.74) is -0.562. The summed E-state index contributed by atoms with van der Waals surface area (Å²) in [6.07, 6.45) is 5.08. The number of hydrogen-bond donors (Lipinski definition) is 1. The van der Waals surface area contributed by atoms with Crippen molar-refractivity contribution in [3.8, 4) is 0 Å². The molecule has 5 fully saturated rings. The van der Waals surface area contributed by atoms with Crippen LogP contribution in [0.15, 0.2) is 29.2 Å². The second kappa shape index (κ2) is 19.5. The number of hydrogen-bond acceptors (Lipinski definition) is 13. The first-order valence-corrected chi connectivity index (χ1v) is 21.8. The molecule has 0 aromatic heterocycles. The van der Waals surface area contributed by atoms with Gasteiger partial charge in [0.05, 0.1) is 28.0 Å². The highest BCUT2D eigenvalue weighted by atomic mass is 32.2. The number of rotatable bonds is 7. The molecule has 5 heterocycles. The van der Waals surface area contributed by atoms with Crippen LogP contribution in [0.3, 0.4) is 0 Å². The van der Waals surface area contributed by atoms with Crippen LogP contribution in [0.5, 0.6) is 0 Å². The molecule has 1 N–H and O–H groups in total. The lowest BCUT2D eigenvalue weighted by molar-refractivity contribution is -0.121. The number of nitrogens with zero attached hydrogens (tertiary/aromatic N) is 5. The average Bonchev–Trinajstić information content (AvgIpc) is 3.67. The number of carbonyl (C=O) groups is 3. The van der Waals surface area contributed by atoms with Gasteiger partial charge in [0.2, 0.25) is 0 Å². The highest BCUT2D eigenvalue weighted by molar-refractivity contribution is 7.92. The first-order chi connectivity index (χ1) is 26.1. The number of likely N-dealkylation sites (N-methyl/N-ethyl adjacent to an activating group) is 2. The van der Waals surface area contributed by atoms with Crippen LogP contribution in [0.4, 0.5) is 4.79 Å². The van der Waals surface area contributed by atoms with Crippen LogP contribution in [-0.4, -0.2) is 186 Å². The minimum absolute atomic E-state index is 0.00676. The number of likely N-dealkylation sites (tertiary alicyclic amines) is 3. The normalized spacial score (nSPS) is 25.5. The molecule has 1 aromatic rings. The van der Waals surface area contributed by atoms with Gasteiger partial charge in [-0.1, -0.05) is 12.1 Å². The van der Waals surface area contributed by atoms with Gasteiger partial charge in [0, 0.05) is 90.1 Å². The van der Waals surface area contributed by atoms with E-state index in [9.17, 15) is 22.8 Å². The lowest BCUT2D eigenvalue weighted by Gasteiger charge is -2.41. The predicted molar refractivity (Wildman–Crippen MR) is 218 cm³/mol. The van der Waals surface area contributed by atoms with Gasteiger partial charge in [0.25, 0.3) is 0 Å². The van der Waals surface area contributed by atoms with Crippen molar-refractivity contribution in [2.24, 2.45) is 0 Å². The molecule has 0 aliphatic carbocycles. The first-order valence-electron chi connectivity index (χ1n) is 20.2. The number of ketones is 2. The number of amides is 1. The number of benzene rings is 1. The standard InChI is InChI=1S/C20H30N2O4S.C11H23N3O.C10H17NO3/c1-15(23)16-5-7-18(8-6-16)27(24,25)19-13-17(14-21(2)3)26-20(19)9-11-22(4)12-10-20;1-13(2)9-10-8-12-11(15-10)4-6-14(3)7-5-11;1-10(2,3)14-9(13)11-6-4-8(12)5-7-11/h5-8,17,19H,9-14H2,1-4H3;10,12H,4-9H2,1-3H3;4-7H2,1-3H3. The molecular formula is C41H70N6O8S. The Morgan fingerprint density at radius 2 is 1.36 bits per heavy atom. The molecule has 1 aromatic carbocycles. The summed E-state index contributed by atoms with van der Waals surface area (Å²) in [6, 6.07) is 6.33. The molecule has 5 saturated heterocycles. The second-order valence-corrected chi connectivity index (χ2v) is 20.0. The topological polar surface area (TPSA) is 141 Å². The highest BCUT2D eigenvalue weighted by Crippen LogP contribution is 2.44. The van der Waals surface area contributed by atoms with Gasteiger partial charge in [-0.3, -0.25) is 14.9 Å². The fourth-order valence-corrected chi connectivity index (χ4v) is 10.2. The molecule has 3 unspecified atom stereocenters. The number of nitrogens with one attached hydrogen (secondary N) is 1. The summed E-state index contributed by atoms with van der Waals surface area (Å²) < 4.78 is 44.8. The van der Waals surface area contributed by atoms with Crippen molar-refractivity contribution in [1.29, 1.82) is 0 Å². The van der Waals surface area contributed by atoms with Crippen molar-refractivity contribution >= 4 is 27.5 Å². The molecule has 0 saturated carbocycles. The number of carbonyl (C=O) groups excluding carboxylic acids is 3. The fourth-order valence-electron chi connectivity index (χ4n) is 8.07. The largest absolute Gasteiger partial charge is 0.444 e. The second-order valence-electron chi connectivity index (χ2n) is 17.9. The van der Waals surface area contributed by atoms with Crippen molar-refractivity contribution in [3.05, 3.63) is 29.8 Å². The monoisotopic (exact) mass is 806 g/mol. The Morgan fingerprint density at radius 3 is 1.86 bits per heavy atom. The number of sulfone groups is 1. The maximum atomic E-state index is 13.5. The van der Waals surface area contributed by atoms with E-state index in [1.54, 1.807) is 29.2 Å². The van der Waals surface area contributed by atoms with Crippen LogP contribution in [0.25, 0.3) is 0 Å². The Morgan fingerprint density at radius 1 is 0.839 bits per heavy atom. The molecule has 5 aliphatic heterocycles. The minimum atomic E-state index is -3.55. The molecule has 14 nitrogen and oxygen atoms in total. The van der Waals surface area contributed by atoms with E-state index in [-0.39, 0.29) is 34.4 Å². The third-order valence-corrected chi connectivity index (χ3v) is 13.5. The lowest BCUT2D eigenvalue weighted by atomic mass is 9.88. The Balaban J connectivity index is 0.000000203. The Kier molecular flexibility index (Phi) is 16.1. The average molecular weight is 807 g/mol. The van der Waals surface area contributed by atoms with Gasteiger partial charge in [0.1, 0.15) is 17.1 Å². The van der Waals surface area contributed by atoms with E-state index in [2.05, 4.69) is 48.2 Å². The Labute approximate surface area is 336 Å². The van der Waals surface area contributed by atoms with Crippen LogP contribution >= 0.6 is 0 Å². The number of piperidine rings is 3. The van der Waals surface area contributed by atoms with Crippen LogP contribution < -0.4 is 5.32 Å². The van der Waals surface area contributed by atoms with E-state index in [4.69, 9.17) is 14.2 Å². The zero-order valence-corrected chi connectivity index (χ0v) is 36.6. The lowest BCUT2D eigenvalue weighted by Crippen LogP contribution is -2.51. The van der Waals surface area contributed by atoms with Crippen molar-refractivity contribution in [2.75, 3.05) is 101 Å². The maximum absolute atomic E-state index is 13.5. The molecule has 6 rings (SSSR count). The minimum Gasteiger partial charge on any atom is -0.444 e. The van der Waals surface area contributed by atoms with Crippen molar-refractivity contribution in [3.63, 3.8) is 0 Å². The SMILES string of the molecule is CC(=O)c1ccc(S(=O)(=O)C2CC(CN(C)C)OC23CCN(C)CC3)cc1.CC(C)(C)OC(=O)N1CCC(=O)CC1.CN(C)CC1CNC2(CCN(C)CC2)O1. The molecular weight excluding hydrogens is 737 g/mol. The summed E-state index contributed by atoms with van der Waals surface area (Å²) in [5, 5.41) is 3.02. The van der Waals surface area contributed by atoms with Gasteiger partial charge in [-0.15, -0.1) is 0 Å². The summed E-state index contributed by atoms with van der Waals surface area (Å²) >= 11 is 0. The van der Waals surface area contributed by atoms with Crippen LogP contribution in [0.1, 0.15) is 83.0 Å². The predicted octanol–water partition coefficient (Wildman–Crippen LogP) is 3.39. The van der Waals surface area contributed by atoms with Crippen molar-refractivity contribution < 1.29 is 37.0 Å². The van der Waals surface area contributed by atoms with Gasteiger partial charge in [0.15, 0.2) is 15.6 Å². The first kappa shape index (κ1) is 46.2. The van der Waals surface area contributed by atoms with Crippen LogP contribution in [0.2, 0.25) is 0 Å². The van der Waals surface area contributed by atoms with Crippen molar-refractivity contribution in [1.82, 2.24) is 29.8 Å². The van der Waals surface area contributed by atoms with Crippen molar-refractivity contribution in [2.45, 2.75) is 112 Å². The molecule has 0 radical (unpaired) electrons. The molecule has 5 aliphatic rings. The van der Waals surface area contributed by atoms with Gasteiger partial charge in [-0.05, 0) is 101 Å². The summed E-state index contributed by atoms with van der Waals surface area (Å²) in [6.45, 7) is 14.7. The van der Waals surface area contributed by atoms with E-state index in [0.717, 1.165) is 65.0 Å². The van der Waals surface area contributed by atoms with E-state index in [0.29, 0.717) is 50.6 Å². The van der Waals surface area contributed by atoms with Crippen LogP contribution in [0, 0.1) is 0 Å². The van der Waals surface area contributed by atoms with E-state index < -0.39 is 26.3 Å². The third-order valence-electron chi connectivity index (χ3n) is 11.2. The quantitative estimate of drug-likeness (QED) is 0.403. The maximum Gasteiger partial charge on any atom is 0.410 e. The Hall–Kier alpha value is -2.50. The molecule has 3 atom stereocenters. The fraction of sp³-hybridized carbons (Fsp3) is 0.780. The van der Waals surface area contributed by atoms with Crippen LogP contribution in [-0.2, 0) is 28.8 Å². The molecule has 318 valence electrons. The zero-order chi connectivity index (χ0) is 41.5. The van der Waals surface area contributed by atoms with E-state index in [1.807, 2.05) is 39.8 Å². The summed E-state index contributed by atoms with van der Waals surface area (Å²) in [7, 11) is 8.85. The van der Waals surface area contributed by atoms with Gasteiger partial charge < -0.3 is 38.7 Å². The highest BCUT2D eigenvalue weighted by Gasteiger charge is 2.55. The number of Topliss-reactive ketones (excluding diaryl/α,β-unsaturated/α-hetero) is 2. The summed E-state index contributed by atoms with van der Waals surface area (Å²) in [4.78, 5) is 44.7. The Bertz CT molecular complexity index is 1550. The molecule has 2 spiro atoms. The summed E-state index contributed by atoms with van der Waals surface area (Å²) in [5.74, 6) is 0.158. The van der Waals surface area contributed by atoms with E-state index >= 15 is 0 Å². The molecule has 1 amide bonds. The smallest absolute Gasteiger partial charge is 0.410 e. The number of ether oxygens (including phenoxy) is 3. The third kappa shape index (κ3) is 13.0. The van der Waals surface area contributed by atoms with Gasteiger partial charge >= 0.3 is 6.09 Å². The molecule has 0 bridgehead atoms. The van der Waals surface area contributed by atoms with E-state index in [1.165, 1.54) is 6.92 Å².